The summed E-state index contributed by atoms with van der Waals surface area (Å²) in [5.74, 6) is -16.1. The lowest BCUT2D eigenvalue weighted by atomic mass is 9.84. The fourth-order valence-corrected chi connectivity index (χ4v) is 15.3. The molecule has 0 radical (unpaired) electrons. The average molecular weight is 1730 g/mol. The van der Waals surface area contributed by atoms with Crippen molar-refractivity contribution in [2.45, 2.75) is 183 Å². The summed E-state index contributed by atoms with van der Waals surface area (Å²) in [6, 6.07) is 7.54. The maximum atomic E-state index is 16.2. The van der Waals surface area contributed by atoms with E-state index in [2.05, 4.69) is 52.8 Å². The van der Waals surface area contributed by atoms with E-state index in [9.17, 15) is 79.8 Å². The van der Waals surface area contributed by atoms with Crippen molar-refractivity contribution in [3.63, 3.8) is 0 Å². The summed E-state index contributed by atoms with van der Waals surface area (Å²) >= 11 is 14.3. The number of anilines is 1. The molecule has 0 spiro atoms. The number of phenolic OH excluding ortho intramolecular Hbond substituents is 3. The van der Waals surface area contributed by atoms with Gasteiger partial charge in [-0.3, -0.25) is 43.3 Å². The summed E-state index contributed by atoms with van der Waals surface area (Å²) in [6.45, 7) is 8.34. The number of carboxylic acids is 1. The van der Waals surface area contributed by atoms with Gasteiger partial charge in [0.1, 0.15) is 95.2 Å². The van der Waals surface area contributed by atoms with Crippen molar-refractivity contribution in [2.75, 3.05) is 25.6 Å². The number of pyridine rings is 1. The van der Waals surface area contributed by atoms with Gasteiger partial charge in [0.15, 0.2) is 29.9 Å². The highest BCUT2D eigenvalue weighted by atomic mass is 35.5. The molecule has 122 heavy (non-hydrogen) atoms. The van der Waals surface area contributed by atoms with Crippen LogP contribution in [-0.4, -0.2) is 208 Å². The monoisotopic (exact) mass is 1730 g/mol. The number of nitrogens with zero attached hydrogens (tertiary/aromatic N) is 1. The van der Waals surface area contributed by atoms with E-state index < -0.39 is 243 Å². The minimum Gasteiger partial charge on any atom is -0.508 e. The molecule has 0 saturated carbocycles. The number of fused-ring (bicyclic) bond motifs is 15. The number of halogens is 2. The standard InChI is InChI=1S/C83H93Cl2N11O26/c1-7-8-19-116-45-14-12-43(13-15-45)90-74(107)42-21-37(31-88-33-42)32-89-83(5)30-60(117-36(4)73(83)106)121-72-70(105)69(104)58(34-97)120-82(72)122-71-56-25-41-26-57(71)119-55-18-11-40(24-49(55)85)68(103)66-80(113)94-64(81(114)115)47-27-44(98)28-53(100)61(47)46-22-38(9-16-52(46)99)62(77(110)96-66)93-78(111)63(41)92-76(109)51(29-59(86)101)91-79(112)65(95-75(108)50(87-6)20-35(2)3)67(102)39-10-17-54(118-56)48(84)23-39/h9-18,21-28,31,33,35-36,50-51,58,60,62-70,72-73,82,87,89,97-100,102-106H,7-8,19-20,29-30,32,34H2,1-6H3,(H2,86,101)(H,90,107)(H,91,112)(H,92,109)(H,93,111)(H,94,113)(H,95,108)(H,96,110)(H,114,115)/t36-,50+,51+,58+,60+,62+,63?,64-,65-,66-,67-,68-,69-,70-,72-,73+,82?,83?/m1/s1. The fourth-order valence-electron chi connectivity index (χ4n) is 14.8. The summed E-state index contributed by atoms with van der Waals surface area (Å²) in [7, 11) is 1.47. The summed E-state index contributed by atoms with van der Waals surface area (Å²) in [6.07, 6.45) is -14.6. The summed E-state index contributed by atoms with van der Waals surface area (Å²) in [4.78, 5) is 136. The predicted molar refractivity (Wildman–Crippen MR) is 431 cm³/mol. The normalized spacial score (nSPS) is 26.3. The first-order valence-corrected chi connectivity index (χ1v) is 39.7. The van der Waals surface area contributed by atoms with E-state index in [1.807, 2.05) is 20.8 Å². The largest absolute Gasteiger partial charge is 0.508 e. The molecule has 3 unspecified atom stereocenters. The number of nitrogens with two attached hydrogens (primary N) is 1. The number of aliphatic hydroxyl groups is 6. The van der Waals surface area contributed by atoms with Gasteiger partial charge in [-0.1, -0.05) is 68.6 Å². The molecule has 21 N–H and O–H groups in total. The number of carboxylic acid groups (broad SMARTS) is 1. The number of benzene rings is 6. The third-order valence-corrected chi connectivity index (χ3v) is 22.0. The molecule has 8 amide bonds. The zero-order valence-electron chi connectivity index (χ0n) is 66.4. The summed E-state index contributed by atoms with van der Waals surface area (Å²) < 4.78 is 45.2. The van der Waals surface area contributed by atoms with Crippen LogP contribution in [0.5, 0.6) is 51.7 Å². The SMILES string of the molecule is CCCCOc1ccc(NC(=O)c2cncc(CNC3(C)C[C@H](O[C@H]4C(Oc5c6cc7cc5Oc5ccc(cc5Cl)[C@@H](O)[C@H]5NC(=O)[C@@H](NC(=O)C7NC(=O)[C@H](CC(N)=O)NC(=O)[C@H](NC(=O)[C@H](CC(C)C)NC)[C@H](O)c7ccc(c(Cl)c7)O6)c6ccc(O)c(c6)-c6c(O)cc(O)cc6[C@H](C(=O)O)NC5=O)O[C@@H](CO)[C@@H](O)[C@H]4O)O[C@H](C)[C@@H]3O)c2)cc1. The molecule has 14 rings (SSSR count). The number of likely N-dealkylation sites (N-methyl/N-ethyl adjacent to an activating group) is 1. The number of ether oxygens (including phenoxy) is 7. The number of nitrogens with one attached hydrogen (secondary N) is 9. The predicted octanol–water partition coefficient (Wildman–Crippen LogP) is 3.76. The van der Waals surface area contributed by atoms with Gasteiger partial charge in [0.05, 0.1) is 53.5 Å². The molecule has 18 atom stereocenters. The minimum absolute atomic E-state index is 0.0208. The fraction of sp³-hybridized carbons (Fsp3) is 0.398. The first kappa shape index (κ1) is 89.7. The van der Waals surface area contributed by atoms with Crippen molar-refractivity contribution in [2.24, 2.45) is 11.7 Å². The molecule has 2 fully saturated rings. The van der Waals surface area contributed by atoms with Crippen LogP contribution in [0, 0.1) is 5.92 Å². The molecule has 7 aliphatic rings. The Morgan fingerprint density at radius 1 is 0.713 bits per heavy atom. The van der Waals surface area contributed by atoms with Crippen LogP contribution >= 0.6 is 23.2 Å². The van der Waals surface area contributed by atoms with Gasteiger partial charge in [0.25, 0.3) is 5.91 Å². The highest BCUT2D eigenvalue weighted by molar-refractivity contribution is 6.32. The van der Waals surface area contributed by atoms with E-state index in [4.69, 9.17) is 62.1 Å². The van der Waals surface area contributed by atoms with Gasteiger partial charge in [0.2, 0.25) is 53.4 Å². The Balaban J connectivity index is 1.00. The third-order valence-electron chi connectivity index (χ3n) is 21.4. The number of amides is 8. The number of hydrogen-bond acceptors (Lipinski definition) is 28. The molecule has 39 heteroatoms. The van der Waals surface area contributed by atoms with E-state index in [1.54, 1.807) is 37.3 Å². The molecule has 37 nitrogen and oxygen atoms in total. The molecule has 1 aromatic heterocycles. The quantitative estimate of drug-likeness (QED) is 0.0429. The molecule has 11 bridgehead atoms. The number of phenols is 3. The van der Waals surface area contributed by atoms with Crippen LogP contribution in [-0.2, 0) is 59.1 Å². The Morgan fingerprint density at radius 2 is 1.36 bits per heavy atom. The Labute approximate surface area is 706 Å². The lowest BCUT2D eigenvalue weighted by Crippen LogP contribution is -2.65. The number of aromatic hydroxyl groups is 3. The Kier molecular flexibility index (Phi) is 28.1. The maximum absolute atomic E-state index is 16.2. The van der Waals surface area contributed by atoms with Crippen LogP contribution in [0.15, 0.2) is 122 Å². The molecule has 8 heterocycles. The highest BCUT2D eigenvalue weighted by Gasteiger charge is 2.52. The van der Waals surface area contributed by atoms with Crippen LogP contribution < -0.4 is 72.5 Å². The summed E-state index contributed by atoms with van der Waals surface area (Å²) in [5, 5.41) is 140. The number of aromatic nitrogens is 1. The minimum atomic E-state index is -2.39. The zero-order valence-corrected chi connectivity index (χ0v) is 67.9. The van der Waals surface area contributed by atoms with Crippen molar-refractivity contribution in [3.05, 3.63) is 171 Å². The van der Waals surface area contributed by atoms with Crippen molar-refractivity contribution >= 4 is 82.1 Å². The first-order valence-electron chi connectivity index (χ1n) is 38.9. The number of carbonyl (C=O) groups is 9. The van der Waals surface area contributed by atoms with E-state index in [0.29, 0.717) is 23.6 Å². The summed E-state index contributed by atoms with van der Waals surface area (Å²) in [5.41, 5.74) is 2.63. The van der Waals surface area contributed by atoms with Gasteiger partial charge in [-0.25, -0.2) is 4.79 Å². The van der Waals surface area contributed by atoms with Crippen molar-refractivity contribution in [1.29, 1.82) is 0 Å². The number of aliphatic hydroxyl groups excluding tert-OH is 6. The molecule has 650 valence electrons. The highest BCUT2D eigenvalue weighted by Crippen LogP contribution is 2.50. The topological polar surface area (TPSA) is 568 Å². The Bertz CT molecular complexity index is 5130. The van der Waals surface area contributed by atoms with Crippen molar-refractivity contribution in [3.8, 4) is 62.9 Å². The lowest BCUT2D eigenvalue weighted by Gasteiger charge is -2.48. The lowest BCUT2D eigenvalue weighted by molar-refractivity contribution is -0.334. The molecule has 0 aliphatic carbocycles. The number of carbonyl (C=O) groups excluding carboxylic acids is 8. The van der Waals surface area contributed by atoms with Crippen LogP contribution in [0.3, 0.4) is 0 Å². The number of hydrogen-bond donors (Lipinski definition) is 20. The number of aliphatic carboxylic acids is 1. The number of unbranched alkanes of at least 4 members (excludes halogenated alkanes) is 1. The van der Waals surface area contributed by atoms with Gasteiger partial charge >= 0.3 is 5.97 Å². The first-order chi connectivity index (χ1) is 58.0. The van der Waals surface area contributed by atoms with Crippen molar-refractivity contribution < 1.29 is 127 Å². The average Bonchev–Trinajstić information content (AvgIpc) is 0.766. The Morgan fingerprint density at radius 3 is 1.99 bits per heavy atom. The van der Waals surface area contributed by atoms with Crippen molar-refractivity contribution in [1.82, 2.24) is 47.5 Å². The molecule has 7 aromatic rings. The molecular formula is C83H93Cl2N11O26. The smallest absolute Gasteiger partial charge is 0.330 e. The third kappa shape index (κ3) is 20.1. The molecule has 2 saturated heterocycles. The number of rotatable bonds is 22. The van der Waals surface area contributed by atoms with Crippen LogP contribution in [0.25, 0.3) is 11.1 Å². The van der Waals surface area contributed by atoms with Gasteiger partial charge in [-0.05, 0) is 152 Å². The van der Waals surface area contributed by atoms with Gasteiger partial charge in [-0.2, -0.15) is 0 Å². The van der Waals surface area contributed by atoms with Crippen LogP contribution in [0.4, 0.5) is 5.69 Å². The van der Waals surface area contributed by atoms with Gasteiger partial charge in [-0.15, -0.1) is 0 Å². The second-order valence-corrected chi connectivity index (χ2v) is 31.6. The molecule has 7 aliphatic heterocycles. The second kappa shape index (κ2) is 38.2. The van der Waals surface area contributed by atoms with E-state index in [-0.39, 0.29) is 58.3 Å². The van der Waals surface area contributed by atoms with Gasteiger partial charge in [0, 0.05) is 59.3 Å². The van der Waals surface area contributed by atoms with E-state index >= 15 is 14.4 Å². The molecular weight excluding hydrogens is 1640 g/mol. The number of primary amides is 1. The van der Waals surface area contributed by atoms with Gasteiger partial charge < -0.3 is 138 Å². The molecule has 6 aromatic carbocycles. The maximum Gasteiger partial charge on any atom is 0.330 e. The zero-order chi connectivity index (χ0) is 88.0. The van der Waals surface area contributed by atoms with Crippen LogP contribution in [0.1, 0.15) is 141 Å². The van der Waals surface area contributed by atoms with Crippen LogP contribution in [0.2, 0.25) is 10.0 Å². The van der Waals surface area contributed by atoms with E-state index in [1.165, 1.54) is 38.5 Å². The van der Waals surface area contributed by atoms with E-state index in [0.717, 1.165) is 79.6 Å². The Hall–Kier alpha value is -11.6. The second-order valence-electron chi connectivity index (χ2n) is 30.7.